The number of para-hydroxylation sites is 1. The van der Waals surface area contributed by atoms with E-state index in [-0.39, 0.29) is 24.0 Å². The highest BCUT2D eigenvalue weighted by Crippen LogP contribution is 2.64. The quantitative estimate of drug-likeness (QED) is 0.365. The average molecular weight is 505 g/mol. The third kappa shape index (κ3) is 3.96. The summed E-state index contributed by atoms with van der Waals surface area (Å²) in [4.78, 5) is 15.4. The highest BCUT2D eigenvalue weighted by molar-refractivity contribution is 6.09. The molecule has 7 rings (SSSR count). The number of ether oxygens (including phenoxy) is 1. The Morgan fingerprint density at radius 3 is 2.74 bits per heavy atom. The first-order chi connectivity index (χ1) is 18.5. The highest BCUT2D eigenvalue weighted by atomic mass is 16.5. The lowest BCUT2D eigenvalue weighted by atomic mass is 9.92. The van der Waals surface area contributed by atoms with Crippen LogP contribution >= 0.6 is 0 Å². The number of benzene rings is 3. The van der Waals surface area contributed by atoms with E-state index in [1.165, 1.54) is 11.1 Å². The molecular formula is C32H32N4O2. The predicted octanol–water partition coefficient (Wildman–Crippen LogP) is 5.72. The second kappa shape index (κ2) is 8.93. The molecular weight excluding hydrogens is 472 g/mol. The Balaban J connectivity index is 1.09. The fourth-order valence-corrected chi connectivity index (χ4v) is 6.60. The van der Waals surface area contributed by atoms with Crippen LogP contribution in [0.15, 0.2) is 66.7 Å². The number of morpholine rings is 1. The molecule has 38 heavy (non-hydrogen) atoms. The van der Waals surface area contributed by atoms with Gasteiger partial charge in [0.2, 0.25) is 5.91 Å². The summed E-state index contributed by atoms with van der Waals surface area (Å²) in [6.07, 6.45) is 5.60. The molecule has 2 fully saturated rings. The second-order valence-corrected chi connectivity index (χ2v) is 11.2. The van der Waals surface area contributed by atoms with E-state index < -0.39 is 5.41 Å². The van der Waals surface area contributed by atoms with Crippen LogP contribution in [0.25, 0.3) is 23.1 Å². The van der Waals surface area contributed by atoms with Gasteiger partial charge in [-0.25, -0.2) is 0 Å². The number of carbonyl (C=O) groups excluding carboxylic acids is 1. The molecule has 4 aromatic rings. The van der Waals surface area contributed by atoms with Gasteiger partial charge >= 0.3 is 0 Å². The number of nitrogens with zero attached hydrogens (tertiary/aromatic N) is 2. The summed E-state index contributed by atoms with van der Waals surface area (Å²) in [5.41, 5.74) is 7.23. The Morgan fingerprint density at radius 1 is 1.03 bits per heavy atom. The smallest absolute Gasteiger partial charge is 0.235 e. The Hall–Kier alpha value is -3.74. The van der Waals surface area contributed by atoms with E-state index in [0.717, 1.165) is 59.5 Å². The summed E-state index contributed by atoms with van der Waals surface area (Å²) >= 11 is 0. The maximum absolute atomic E-state index is 12.9. The molecule has 6 heteroatoms. The van der Waals surface area contributed by atoms with Gasteiger partial charge in [0.25, 0.3) is 0 Å². The number of fused-ring (bicyclic) bond motifs is 3. The number of anilines is 1. The lowest BCUT2D eigenvalue weighted by molar-refractivity contribution is -0.118. The van der Waals surface area contributed by atoms with Gasteiger partial charge in [-0.3, -0.25) is 14.8 Å². The first kappa shape index (κ1) is 23.4. The molecule has 2 aliphatic heterocycles. The minimum absolute atomic E-state index is 0.122. The Labute approximate surface area is 222 Å². The molecule has 1 aliphatic carbocycles. The van der Waals surface area contributed by atoms with Crippen LogP contribution in [-0.4, -0.2) is 46.3 Å². The van der Waals surface area contributed by atoms with E-state index in [1.54, 1.807) is 0 Å². The van der Waals surface area contributed by atoms with E-state index in [2.05, 4.69) is 94.9 Å². The monoisotopic (exact) mass is 504 g/mol. The van der Waals surface area contributed by atoms with Gasteiger partial charge in [0.1, 0.15) is 0 Å². The Kier molecular flexibility index (Phi) is 5.49. The largest absolute Gasteiger partial charge is 0.373 e. The number of H-pyrrole nitrogens is 1. The molecule has 6 nitrogen and oxygen atoms in total. The van der Waals surface area contributed by atoms with E-state index in [0.29, 0.717) is 0 Å². The molecule has 1 spiro atoms. The van der Waals surface area contributed by atoms with Gasteiger partial charge in [0.15, 0.2) is 0 Å². The van der Waals surface area contributed by atoms with Crippen LogP contribution in [0.1, 0.15) is 54.1 Å². The summed E-state index contributed by atoms with van der Waals surface area (Å²) in [6, 6.07) is 23.2. The minimum atomic E-state index is -0.421. The SMILES string of the molecule is C[C@@H]1CN(Cc2cccc(C=Cc3n[nH]c4cc([C@@H]5C[C@@]56C(=O)Nc5ccccc56)ccc34)c2)C[C@H](C)O1. The van der Waals surface area contributed by atoms with Crippen molar-refractivity contribution in [2.75, 3.05) is 18.4 Å². The van der Waals surface area contributed by atoms with Crippen LogP contribution < -0.4 is 5.32 Å². The summed E-state index contributed by atoms with van der Waals surface area (Å²) in [5, 5.41) is 12.0. The molecule has 192 valence electrons. The van der Waals surface area contributed by atoms with Crippen LogP contribution in [0, 0.1) is 0 Å². The summed E-state index contributed by atoms with van der Waals surface area (Å²) in [5.74, 6) is 0.315. The van der Waals surface area contributed by atoms with E-state index in [1.807, 2.05) is 18.2 Å². The molecule has 0 radical (unpaired) electrons. The maximum atomic E-state index is 12.9. The van der Waals surface area contributed by atoms with Crippen LogP contribution in [0.5, 0.6) is 0 Å². The van der Waals surface area contributed by atoms with Crippen molar-refractivity contribution in [1.82, 2.24) is 15.1 Å². The van der Waals surface area contributed by atoms with Gasteiger partial charge in [-0.1, -0.05) is 60.7 Å². The molecule has 3 aromatic carbocycles. The topological polar surface area (TPSA) is 70.2 Å². The molecule has 0 unspecified atom stereocenters. The number of rotatable bonds is 5. The van der Waals surface area contributed by atoms with Gasteiger partial charge in [0, 0.05) is 36.6 Å². The molecule has 3 heterocycles. The predicted molar refractivity (Wildman–Crippen MR) is 151 cm³/mol. The number of nitrogens with one attached hydrogen (secondary N) is 2. The first-order valence-electron chi connectivity index (χ1n) is 13.5. The van der Waals surface area contributed by atoms with Crippen LogP contribution in [0.4, 0.5) is 5.69 Å². The third-order valence-corrected chi connectivity index (χ3v) is 8.33. The summed E-state index contributed by atoms with van der Waals surface area (Å²) in [6.45, 7) is 7.15. The number of aromatic amines is 1. The van der Waals surface area contributed by atoms with Gasteiger partial charge in [0.05, 0.1) is 28.8 Å². The molecule has 2 N–H and O–H groups in total. The number of carbonyl (C=O) groups is 1. The number of amides is 1. The Morgan fingerprint density at radius 2 is 1.87 bits per heavy atom. The van der Waals surface area contributed by atoms with Gasteiger partial charge in [-0.2, -0.15) is 5.10 Å². The number of hydrogen-bond donors (Lipinski definition) is 2. The zero-order chi connectivity index (χ0) is 25.9. The van der Waals surface area contributed by atoms with Crippen molar-refractivity contribution in [3.63, 3.8) is 0 Å². The molecule has 3 aliphatic rings. The highest BCUT2D eigenvalue weighted by Gasteiger charge is 2.65. The Bertz CT molecular complexity index is 1560. The number of hydrogen-bond acceptors (Lipinski definition) is 4. The molecule has 1 saturated carbocycles. The fraction of sp³-hybridized carbons (Fsp3) is 0.312. The van der Waals surface area contributed by atoms with Crippen LogP contribution in [0.3, 0.4) is 0 Å². The van der Waals surface area contributed by atoms with Gasteiger partial charge in [-0.15, -0.1) is 0 Å². The fourth-order valence-electron chi connectivity index (χ4n) is 6.60. The third-order valence-electron chi connectivity index (χ3n) is 8.33. The van der Waals surface area contributed by atoms with E-state index >= 15 is 0 Å². The van der Waals surface area contributed by atoms with E-state index in [4.69, 9.17) is 4.74 Å². The van der Waals surface area contributed by atoms with Crippen molar-refractivity contribution in [1.29, 1.82) is 0 Å². The maximum Gasteiger partial charge on any atom is 0.235 e. The molecule has 1 aromatic heterocycles. The van der Waals surface area contributed by atoms with Crippen molar-refractivity contribution >= 4 is 34.6 Å². The average Bonchev–Trinajstić information content (AvgIpc) is 3.43. The molecule has 4 atom stereocenters. The van der Waals surface area contributed by atoms with Crippen LogP contribution in [-0.2, 0) is 21.5 Å². The van der Waals surface area contributed by atoms with Crippen molar-refractivity contribution in [3.8, 4) is 0 Å². The minimum Gasteiger partial charge on any atom is -0.373 e. The normalized spacial score (nSPS) is 26.8. The zero-order valence-corrected chi connectivity index (χ0v) is 21.8. The molecule has 0 bridgehead atoms. The van der Waals surface area contributed by atoms with Crippen molar-refractivity contribution in [2.45, 2.75) is 50.4 Å². The van der Waals surface area contributed by atoms with Crippen molar-refractivity contribution in [2.24, 2.45) is 0 Å². The number of aromatic nitrogens is 2. The first-order valence-corrected chi connectivity index (χ1v) is 13.5. The second-order valence-electron chi connectivity index (χ2n) is 11.2. The zero-order valence-electron chi connectivity index (χ0n) is 21.8. The summed E-state index contributed by atoms with van der Waals surface area (Å²) < 4.78 is 5.88. The molecule has 1 amide bonds. The van der Waals surface area contributed by atoms with Crippen molar-refractivity contribution < 1.29 is 9.53 Å². The standard InChI is InChI=1S/C32H32N4O2/c1-20-17-36(18-21(2)38-20)19-23-7-5-6-22(14-23)10-13-28-25-12-11-24(15-30(25)35-34-28)27-16-32(27)26-8-3-4-9-29(26)33-31(32)37/h3-15,20-21,27H,16-19H2,1-2H3,(H,33,37)(H,34,35)/t20-,21+,27-,32-/m0/s1. The van der Waals surface area contributed by atoms with Gasteiger partial charge in [-0.05, 0) is 60.7 Å². The van der Waals surface area contributed by atoms with Crippen molar-refractivity contribution in [3.05, 3.63) is 94.7 Å². The summed E-state index contributed by atoms with van der Waals surface area (Å²) in [7, 11) is 0. The van der Waals surface area contributed by atoms with Crippen LogP contribution in [0.2, 0.25) is 0 Å². The van der Waals surface area contributed by atoms with E-state index in [9.17, 15) is 4.79 Å². The molecule has 1 saturated heterocycles. The lowest BCUT2D eigenvalue weighted by Crippen LogP contribution is -2.44. The lowest BCUT2D eigenvalue weighted by Gasteiger charge is -2.35. The van der Waals surface area contributed by atoms with Gasteiger partial charge < -0.3 is 10.1 Å².